The minimum Gasteiger partial charge on any atom is -0.330 e. The van der Waals surface area contributed by atoms with Gasteiger partial charge in [-0.2, -0.15) is 0 Å². The molecule has 0 saturated heterocycles. The number of nitrogens with two attached hydrogens (primary N) is 1. The maximum Gasteiger partial charge on any atom is 0.250 e. The average molecular weight is 192 g/mol. The van der Waals surface area contributed by atoms with Gasteiger partial charge in [-0.25, -0.2) is 0 Å². The summed E-state index contributed by atoms with van der Waals surface area (Å²) in [6, 6.07) is 5.64. The van der Waals surface area contributed by atoms with Gasteiger partial charge >= 0.3 is 0 Å². The lowest BCUT2D eigenvalue weighted by atomic mass is 10.0. The van der Waals surface area contributed by atoms with Crippen molar-refractivity contribution in [3.05, 3.63) is 34.7 Å². The van der Waals surface area contributed by atoms with E-state index in [1.54, 1.807) is 12.1 Å². The number of aromatic nitrogens is 1. The van der Waals surface area contributed by atoms with Crippen LogP contribution in [-0.4, -0.2) is 11.1 Å². The zero-order valence-electron chi connectivity index (χ0n) is 8.23. The van der Waals surface area contributed by atoms with Crippen LogP contribution in [0.2, 0.25) is 0 Å². The van der Waals surface area contributed by atoms with E-state index in [1.807, 2.05) is 16.8 Å². The molecule has 0 bridgehead atoms. The lowest BCUT2D eigenvalue weighted by molar-refractivity contribution is 0.379. The summed E-state index contributed by atoms with van der Waals surface area (Å²) < 4.78 is 1.84. The maximum absolute atomic E-state index is 11.6. The average Bonchev–Trinajstić information content (AvgIpc) is 2.66. The molecule has 2 N–H and O–H groups in total. The van der Waals surface area contributed by atoms with Crippen LogP contribution in [0.3, 0.4) is 0 Å². The molecule has 3 nitrogen and oxygen atoms in total. The minimum absolute atomic E-state index is 0.0952. The fraction of sp³-hybridized carbons (Fsp3) is 0.545. The van der Waals surface area contributed by atoms with Gasteiger partial charge in [0, 0.05) is 18.3 Å². The molecule has 3 heteroatoms. The van der Waals surface area contributed by atoms with Gasteiger partial charge in [0.1, 0.15) is 0 Å². The number of hydrogen-bond acceptors (Lipinski definition) is 2. The van der Waals surface area contributed by atoms with Crippen LogP contribution in [0, 0.1) is 5.92 Å². The first-order valence-electron chi connectivity index (χ1n) is 5.20. The van der Waals surface area contributed by atoms with Gasteiger partial charge in [-0.1, -0.05) is 12.5 Å². The van der Waals surface area contributed by atoms with Gasteiger partial charge in [0.05, 0.1) is 0 Å². The molecular weight excluding hydrogens is 176 g/mol. The summed E-state index contributed by atoms with van der Waals surface area (Å²) in [6.45, 7) is 0.687. The van der Waals surface area contributed by atoms with Crippen molar-refractivity contribution in [3.8, 4) is 0 Å². The van der Waals surface area contributed by atoms with Crippen LogP contribution in [0.25, 0.3) is 0 Å². The number of pyridine rings is 1. The fourth-order valence-corrected chi connectivity index (χ4v) is 2.37. The van der Waals surface area contributed by atoms with Gasteiger partial charge in [0.2, 0.25) is 0 Å². The Hall–Kier alpha value is -1.09. The van der Waals surface area contributed by atoms with Gasteiger partial charge in [0.15, 0.2) is 0 Å². The van der Waals surface area contributed by atoms with E-state index in [0.29, 0.717) is 18.5 Å². The summed E-state index contributed by atoms with van der Waals surface area (Å²) in [4.78, 5) is 11.6. The third-order valence-electron chi connectivity index (χ3n) is 3.13. The molecule has 1 aromatic rings. The third-order valence-corrected chi connectivity index (χ3v) is 3.13. The van der Waals surface area contributed by atoms with Gasteiger partial charge in [-0.3, -0.25) is 4.79 Å². The number of rotatable bonds is 2. The van der Waals surface area contributed by atoms with Gasteiger partial charge in [-0.05, 0) is 31.4 Å². The predicted molar refractivity (Wildman–Crippen MR) is 56.1 cm³/mol. The van der Waals surface area contributed by atoms with Crippen molar-refractivity contribution in [1.29, 1.82) is 0 Å². The lowest BCUT2D eigenvalue weighted by Gasteiger charge is -2.20. The Labute approximate surface area is 83.5 Å². The Morgan fingerprint density at radius 3 is 3.00 bits per heavy atom. The highest BCUT2D eigenvalue weighted by atomic mass is 16.1. The Morgan fingerprint density at radius 1 is 1.43 bits per heavy atom. The van der Waals surface area contributed by atoms with Crippen LogP contribution >= 0.6 is 0 Å². The van der Waals surface area contributed by atoms with Gasteiger partial charge in [-0.15, -0.1) is 0 Å². The van der Waals surface area contributed by atoms with E-state index in [9.17, 15) is 4.79 Å². The molecule has 1 saturated carbocycles. The number of hydrogen-bond donors (Lipinski definition) is 1. The van der Waals surface area contributed by atoms with Crippen LogP contribution in [0.15, 0.2) is 29.2 Å². The second-order valence-electron chi connectivity index (χ2n) is 3.94. The van der Waals surface area contributed by atoms with Crippen LogP contribution < -0.4 is 11.3 Å². The molecule has 0 spiro atoms. The zero-order chi connectivity index (χ0) is 9.97. The quantitative estimate of drug-likeness (QED) is 0.764. The molecule has 0 aliphatic heterocycles. The highest BCUT2D eigenvalue weighted by Crippen LogP contribution is 2.33. The molecule has 2 unspecified atom stereocenters. The first-order chi connectivity index (χ1) is 6.83. The van der Waals surface area contributed by atoms with Crippen molar-refractivity contribution in [2.24, 2.45) is 11.7 Å². The van der Waals surface area contributed by atoms with Crippen LogP contribution in [0.4, 0.5) is 0 Å². The second kappa shape index (κ2) is 3.96. The molecule has 0 radical (unpaired) electrons. The summed E-state index contributed by atoms with van der Waals surface area (Å²) in [5.74, 6) is 0.482. The molecule has 0 amide bonds. The van der Waals surface area contributed by atoms with Crippen molar-refractivity contribution in [2.45, 2.75) is 25.3 Å². The molecule has 1 aliphatic rings. The SMILES string of the molecule is NCC1CCCC1n1ccccc1=O. The Morgan fingerprint density at radius 2 is 2.29 bits per heavy atom. The van der Waals surface area contributed by atoms with E-state index in [2.05, 4.69) is 0 Å². The topological polar surface area (TPSA) is 48.0 Å². The van der Waals surface area contributed by atoms with E-state index < -0.39 is 0 Å². The van der Waals surface area contributed by atoms with Gasteiger partial charge < -0.3 is 10.3 Å². The first kappa shape index (κ1) is 9.46. The molecule has 0 aromatic carbocycles. The molecule has 14 heavy (non-hydrogen) atoms. The summed E-state index contributed by atoms with van der Waals surface area (Å²) in [6.07, 6.45) is 5.31. The summed E-state index contributed by atoms with van der Waals surface area (Å²) in [7, 11) is 0. The Kier molecular flexibility index (Phi) is 2.68. The molecule has 1 aromatic heterocycles. The predicted octanol–water partition coefficient (Wildman–Crippen LogP) is 1.15. The van der Waals surface area contributed by atoms with Crippen LogP contribution in [-0.2, 0) is 0 Å². The highest BCUT2D eigenvalue weighted by Gasteiger charge is 2.27. The molecule has 2 atom stereocenters. The smallest absolute Gasteiger partial charge is 0.250 e. The largest absolute Gasteiger partial charge is 0.330 e. The Bertz CT molecular complexity index is 358. The fourth-order valence-electron chi connectivity index (χ4n) is 2.37. The van der Waals surface area contributed by atoms with Crippen molar-refractivity contribution in [1.82, 2.24) is 4.57 Å². The van der Waals surface area contributed by atoms with Crippen molar-refractivity contribution < 1.29 is 0 Å². The van der Waals surface area contributed by atoms with E-state index in [1.165, 1.54) is 6.42 Å². The number of nitrogens with zero attached hydrogens (tertiary/aromatic N) is 1. The molecule has 76 valence electrons. The standard InChI is InChI=1S/C11H16N2O/c12-8-9-4-3-5-10(9)13-7-2-1-6-11(13)14/h1-2,6-7,9-10H,3-5,8,12H2. The molecule has 1 fully saturated rings. The first-order valence-corrected chi connectivity index (χ1v) is 5.20. The van der Waals surface area contributed by atoms with E-state index in [-0.39, 0.29) is 5.56 Å². The van der Waals surface area contributed by atoms with Gasteiger partial charge in [0.25, 0.3) is 5.56 Å². The zero-order valence-corrected chi connectivity index (χ0v) is 8.23. The van der Waals surface area contributed by atoms with E-state index >= 15 is 0 Å². The minimum atomic E-state index is 0.0952. The summed E-state index contributed by atoms with van der Waals surface area (Å²) in [5, 5.41) is 0. The molecule has 1 aliphatic carbocycles. The Balaban J connectivity index is 2.30. The summed E-state index contributed by atoms with van der Waals surface area (Å²) >= 11 is 0. The third kappa shape index (κ3) is 1.60. The maximum atomic E-state index is 11.6. The van der Waals surface area contributed by atoms with Crippen molar-refractivity contribution in [3.63, 3.8) is 0 Å². The highest BCUT2D eigenvalue weighted by molar-refractivity contribution is 4.97. The second-order valence-corrected chi connectivity index (χ2v) is 3.94. The molecule has 1 heterocycles. The summed E-state index contributed by atoms with van der Waals surface area (Å²) in [5.41, 5.74) is 5.79. The van der Waals surface area contributed by atoms with E-state index in [0.717, 1.165) is 12.8 Å². The lowest BCUT2D eigenvalue weighted by Crippen LogP contribution is -2.28. The molecule has 2 rings (SSSR count). The van der Waals surface area contributed by atoms with Crippen molar-refractivity contribution in [2.75, 3.05) is 6.54 Å². The van der Waals surface area contributed by atoms with Crippen molar-refractivity contribution >= 4 is 0 Å². The monoisotopic (exact) mass is 192 g/mol. The van der Waals surface area contributed by atoms with Crippen LogP contribution in [0.1, 0.15) is 25.3 Å². The normalized spacial score (nSPS) is 26.6. The molecular formula is C11H16N2O. The van der Waals surface area contributed by atoms with Crippen LogP contribution in [0.5, 0.6) is 0 Å². The van der Waals surface area contributed by atoms with E-state index in [4.69, 9.17) is 5.73 Å².